The van der Waals surface area contributed by atoms with Crippen molar-refractivity contribution in [3.63, 3.8) is 0 Å². The summed E-state index contributed by atoms with van der Waals surface area (Å²) in [7, 11) is 1.68. The molecule has 2 rings (SSSR count). The summed E-state index contributed by atoms with van der Waals surface area (Å²) in [5, 5.41) is 3.52. The summed E-state index contributed by atoms with van der Waals surface area (Å²) in [4.78, 5) is 4.37. The zero-order valence-electron chi connectivity index (χ0n) is 12.6. The van der Waals surface area contributed by atoms with E-state index in [2.05, 4.69) is 49.3 Å². The summed E-state index contributed by atoms with van der Waals surface area (Å²) < 4.78 is 5.32. The smallest absolute Gasteiger partial charge is 0.141 e. The van der Waals surface area contributed by atoms with Crippen LogP contribution in [0.2, 0.25) is 0 Å². The molecule has 0 aliphatic carbocycles. The Morgan fingerprint density at radius 2 is 2.05 bits per heavy atom. The molecule has 20 heavy (non-hydrogen) atoms. The maximum atomic E-state index is 5.32. The molecule has 2 aromatic rings. The van der Waals surface area contributed by atoms with Crippen molar-refractivity contribution in [1.82, 2.24) is 10.3 Å². The molecule has 0 saturated heterocycles. The average molecular weight is 270 g/mol. The molecule has 1 aromatic heterocycles. The summed E-state index contributed by atoms with van der Waals surface area (Å²) in [6, 6.07) is 10.7. The maximum Gasteiger partial charge on any atom is 0.141 e. The largest absolute Gasteiger partial charge is 0.495 e. The van der Waals surface area contributed by atoms with E-state index in [-0.39, 0.29) is 6.04 Å². The first-order valence-corrected chi connectivity index (χ1v) is 6.90. The van der Waals surface area contributed by atoms with Crippen molar-refractivity contribution in [2.45, 2.75) is 33.4 Å². The van der Waals surface area contributed by atoms with Gasteiger partial charge in [0.15, 0.2) is 0 Å². The lowest BCUT2D eigenvalue weighted by atomic mass is 10.00. The molecular weight excluding hydrogens is 248 g/mol. The minimum absolute atomic E-state index is 0.279. The van der Waals surface area contributed by atoms with E-state index in [4.69, 9.17) is 4.74 Å². The van der Waals surface area contributed by atoms with Crippen molar-refractivity contribution >= 4 is 0 Å². The second kappa shape index (κ2) is 6.53. The van der Waals surface area contributed by atoms with Crippen LogP contribution in [0.15, 0.2) is 36.5 Å². The third-order valence-corrected chi connectivity index (χ3v) is 3.55. The number of methoxy groups -OCH3 is 1. The molecule has 1 aromatic carbocycles. The lowest BCUT2D eigenvalue weighted by Gasteiger charge is -2.18. The van der Waals surface area contributed by atoms with E-state index >= 15 is 0 Å². The second-order valence-electron chi connectivity index (χ2n) is 5.11. The monoisotopic (exact) mass is 270 g/mol. The Labute approximate surface area is 121 Å². The number of hydrogen-bond acceptors (Lipinski definition) is 3. The van der Waals surface area contributed by atoms with Gasteiger partial charge in [0.05, 0.1) is 12.8 Å². The zero-order chi connectivity index (χ0) is 14.5. The Morgan fingerprint density at radius 3 is 2.80 bits per heavy atom. The van der Waals surface area contributed by atoms with Gasteiger partial charge in [-0.25, -0.2) is 0 Å². The van der Waals surface area contributed by atoms with Crippen LogP contribution in [0.1, 0.15) is 35.3 Å². The molecule has 0 spiro atoms. The van der Waals surface area contributed by atoms with Gasteiger partial charge in [-0.2, -0.15) is 0 Å². The highest BCUT2D eigenvalue weighted by molar-refractivity contribution is 5.33. The third-order valence-electron chi connectivity index (χ3n) is 3.55. The molecule has 106 valence electrons. The van der Waals surface area contributed by atoms with Crippen molar-refractivity contribution in [3.8, 4) is 5.75 Å². The van der Waals surface area contributed by atoms with Gasteiger partial charge in [-0.1, -0.05) is 23.8 Å². The van der Waals surface area contributed by atoms with Gasteiger partial charge in [0.25, 0.3) is 0 Å². The number of aromatic nitrogens is 1. The standard InChI is InChI=1S/C17H22N2O/c1-12-7-8-13(2)15(10-12)14(3)19-11-16-17(20-4)6-5-9-18-16/h5-10,14,19H,11H2,1-4H3. The van der Waals surface area contributed by atoms with E-state index in [9.17, 15) is 0 Å². The topological polar surface area (TPSA) is 34.1 Å². The number of nitrogens with zero attached hydrogens (tertiary/aromatic N) is 1. The third kappa shape index (κ3) is 3.36. The van der Waals surface area contributed by atoms with Gasteiger partial charge in [-0.05, 0) is 44.0 Å². The average Bonchev–Trinajstić information content (AvgIpc) is 2.47. The molecule has 0 aliphatic rings. The van der Waals surface area contributed by atoms with Crippen molar-refractivity contribution in [2.24, 2.45) is 0 Å². The van der Waals surface area contributed by atoms with Gasteiger partial charge < -0.3 is 10.1 Å². The predicted molar refractivity (Wildman–Crippen MR) is 82.0 cm³/mol. The van der Waals surface area contributed by atoms with Crippen molar-refractivity contribution in [3.05, 3.63) is 58.9 Å². The van der Waals surface area contributed by atoms with Crippen molar-refractivity contribution < 1.29 is 4.74 Å². The molecule has 0 radical (unpaired) electrons. The van der Waals surface area contributed by atoms with E-state index in [1.807, 2.05) is 12.1 Å². The summed E-state index contributed by atoms with van der Waals surface area (Å²) >= 11 is 0. The molecule has 0 bridgehead atoms. The van der Waals surface area contributed by atoms with Crippen LogP contribution in [0, 0.1) is 13.8 Å². The van der Waals surface area contributed by atoms with Crippen LogP contribution in [0.3, 0.4) is 0 Å². The Morgan fingerprint density at radius 1 is 1.25 bits per heavy atom. The fourth-order valence-corrected chi connectivity index (χ4v) is 2.33. The number of nitrogens with one attached hydrogen (secondary N) is 1. The molecule has 1 heterocycles. The lowest BCUT2D eigenvalue weighted by Crippen LogP contribution is -2.20. The van der Waals surface area contributed by atoms with Crippen LogP contribution in [0.5, 0.6) is 5.75 Å². The molecule has 0 aliphatic heterocycles. The quantitative estimate of drug-likeness (QED) is 0.902. The summed E-state index contributed by atoms with van der Waals surface area (Å²) in [6.07, 6.45) is 1.79. The molecule has 1 unspecified atom stereocenters. The molecular formula is C17H22N2O. The van der Waals surface area contributed by atoms with Gasteiger partial charge >= 0.3 is 0 Å². The van der Waals surface area contributed by atoms with Crippen LogP contribution < -0.4 is 10.1 Å². The van der Waals surface area contributed by atoms with Gasteiger partial charge in [-0.3, -0.25) is 4.98 Å². The Kier molecular flexibility index (Phi) is 4.74. The lowest BCUT2D eigenvalue weighted by molar-refractivity contribution is 0.402. The van der Waals surface area contributed by atoms with Gasteiger partial charge in [-0.15, -0.1) is 0 Å². The minimum Gasteiger partial charge on any atom is -0.495 e. The van der Waals surface area contributed by atoms with E-state index in [0.717, 1.165) is 11.4 Å². The SMILES string of the molecule is COc1cccnc1CNC(C)c1cc(C)ccc1C. The molecule has 0 fully saturated rings. The van der Waals surface area contributed by atoms with Gasteiger partial charge in [0, 0.05) is 18.8 Å². The van der Waals surface area contributed by atoms with E-state index < -0.39 is 0 Å². The van der Waals surface area contributed by atoms with Crippen LogP contribution in [0.4, 0.5) is 0 Å². The van der Waals surface area contributed by atoms with Gasteiger partial charge in [0.2, 0.25) is 0 Å². The molecule has 1 atom stereocenters. The Bertz CT molecular complexity index is 581. The first-order valence-electron chi connectivity index (χ1n) is 6.90. The number of pyridine rings is 1. The van der Waals surface area contributed by atoms with E-state index in [1.165, 1.54) is 16.7 Å². The number of benzene rings is 1. The normalized spacial score (nSPS) is 12.2. The summed E-state index contributed by atoms with van der Waals surface area (Å²) in [5.74, 6) is 0.827. The molecule has 0 amide bonds. The second-order valence-corrected chi connectivity index (χ2v) is 5.11. The molecule has 0 saturated carbocycles. The molecule has 3 heteroatoms. The summed E-state index contributed by atoms with van der Waals surface area (Å²) in [5.41, 5.74) is 4.87. The highest BCUT2D eigenvalue weighted by Gasteiger charge is 2.10. The summed E-state index contributed by atoms with van der Waals surface area (Å²) in [6.45, 7) is 7.14. The molecule has 1 N–H and O–H groups in total. The first kappa shape index (κ1) is 14.5. The number of hydrogen-bond donors (Lipinski definition) is 1. The van der Waals surface area contributed by atoms with E-state index in [1.54, 1.807) is 13.3 Å². The van der Waals surface area contributed by atoms with Crippen molar-refractivity contribution in [1.29, 1.82) is 0 Å². The Hall–Kier alpha value is -1.87. The highest BCUT2D eigenvalue weighted by atomic mass is 16.5. The van der Waals surface area contributed by atoms with Gasteiger partial charge in [0.1, 0.15) is 5.75 Å². The van der Waals surface area contributed by atoms with E-state index in [0.29, 0.717) is 6.54 Å². The van der Waals surface area contributed by atoms with Crippen LogP contribution in [-0.2, 0) is 6.54 Å². The van der Waals surface area contributed by atoms with Crippen molar-refractivity contribution in [2.75, 3.05) is 7.11 Å². The number of ether oxygens (including phenoxy) is 1. The Balaban J connectivity index is 2.08. The minimum atomic E-state index is 0.279. The predicted octanol–water partition coefficient (Wildman–Crippen LogP) is 3.56. The first-order chi connectivity index (χ1) is 9.61. The highest BCUT2D eigenvalue weighted by Crippen LogP contribution is 2.20. The van der Waals surface area contributed by atoms with Crippen LogP contribution in [0.25, 0.3) is 0 Å². The maximum absolute atomic E-state index is 5.32. The van der Waals surface area contributed by atoms with Crippen LogP contribution >= 0.6 is 0 Å². The fourth-order valence-electron chi connectivity index (χ4n) is 2.33. The zero-order valence-corrected chi connectivity index (χ0v) is 12.6. The van der Waals surface area contributed by atoms with Crippen LogP contribution in [-0.4, -0.2) is 12.1 Å². The number of rotatable bonds is 5. The fraction of sp³-hybridized carbons (Fsp3) is 0.353. The number of aryl methyl sites for hydroxylation is 2. The molecule has 3 nitrogen and oxygen atoms in total.